The van der Waals surface area contributed by atoms with Crippen LogP contribution in [0.1, 0.15) is 27.6 Å². The number of aromatic nitrogens is 2. The fourth-order valence-corrected chi connectivity index (χ4v) is 3.05. The number of halogens is 1. The lowest BCUT2D eigenvalue weighted by atomic mass is 10.1. The molecule has 0 spiro atoms. The number of hydrogen-bond donors (Lipinski definition) is 1. The molecule has 0 fully saturated rings. The van der Waals surface area contributed by atoms with Crippen molar-refractivity contribution in [1.82, 2.24) is 9.97 Å². The van der Waals surface area contributed by atoms with Gasteiger partial charge in [-0.1, -0.05) is 6.07 Å². The Labute approximate surface area is 166 Å². The normalized spacial score (nSPS) is 10.7. The molecule has 4 rings (SSSR count). The molecule has 0 radical (unpaired) electrons. The average molecular weight is 385 g/mol. The lowest BCUT2D eigenvalue weighted by Crippen LogP contribution is -2.12. The summed E-state index contributed by atoms with van der Waals surface area (Å²) in [7, 11) is 0. The van der Waals surface area contributed by atoms with Gasteiger partial charge >= 0.3 is 0 Å². The second-order valence-electron chi connectivity index (χ2n) is 6.55. The summed E-state index contributed by atoms with van der Waals surface area (Å²) in [5, 5.41) is 3.61. The van der Waals surface area contributed by atoms with Gasteiger partial charge < -0.3 is 5.32 Å². The molecule has 5 nitrogen and oxygen atoms in total. The molecule has 29 heavy (non-hydrogen) atoms. The fourth-order valence-electron chi connectivity index (χ4n) is 3.05. The molecule has 0 saturated carbocycles. The number of nitrogens with zero attached hydrogens (tertiary/aromatic N) is 2. The van der Waals surface area contributed by atoms with Crippen molar-refractivity contribution in [3.05, 3.63) is 90.0 Å². The molecular weight excluding hydrogens is 369 g/mol. The molecule has 2 heterocycles. The number of carbonyl (C=O) groups is 2. The highest BCUT2D eigenvalue weighted by molar-refractivity contribution is 6.09. The van der Waals surface area contributed by atoms with E-state index >= 15 is 0 Å². The van der Waals surface area contributed by atoms with Gasteiger partial charge in [-0.15, -0.1) is 0 Å². The monoisotopic (exact) mass is 385 g/mol. The number of hydrogen-bond acceptors (Lipinski definition) is 4. The van der Waals surface area contributed by atoms with Gasteiger partial charge in [-0.05, 0) is 61.5 Å². The van der Waals surface area contributed by atoms with Crippen molar-refractivity contribution in [2.75, 3.05) is 5.32 Å². The Bertz CT molecular complexity index is 1230. The molecule has 0 aliphatic rings. The average Bonchev–Trinajstić information content (AvgIpc) is 2.73. The Morgan fingerprint density at radius 2 is 1.79 bits per heavy atom. The maximum Gasteiger partial charge on any atom is 0.255 e. The van der Waals surface area contributed by atoms with Gasteiger partial charge in [0.15, 0.2) is 5.78 Å². The van der Waals surface area contributed by atoms with E-state index in [1.165, 1.54) is 25.3 Å². The molecule has 4 aromatic rings. The lowest BCUT2D eigenvalue weighted by molar-refractivity contribution is 0.101. The number of ketones is 1. The van der Waals surface area contributed by atoms with Gasteiger partial charge in [0.2, 0.25) is 0 Å². The van der Waals surface area contributed by atoms with Crippen molar-refractivity contribution in [2.45, 2.75) is 6.92 Å². The van der Waals surface area contributed by atoms with E-state index in [0.717, 1.165) is 10.9 Å². The summed E-state index contributed by atoms with van der Waals surface area (Å²) in [6.07, 6.45) is 3.11. The van der Waals surface area contributed by atoms with Gasteiger partial charge in [0.1, 0.15) is 5.82 Å². The van der Waals surface area contributed by atoms with Gasteiger partial charge in [-0.3, -0.25) is 19.6 Å². The Morgan fingerprint density at radius 1 is 0.931 bits per heavy atom. The number of anilines is 1. The number of benzene rings is 2. The van der Waals surface area contributed by atoms with E-state index in [9.17, 15) is 14.0 Å². The number of Topliss-reactive ketones (excluding diaryl/α,β-unsaturated/α-hetero) is 1. The van der Waals surface area contributed by atoms with Crippen molar-refractivity contribution in [2.24, 2.45) is 0 Å². The Hall–Kier alpha value is -3.93. The zero-order chi connectivity index (χ0) is 20.4. The van der Waals surface area contributed by atoms with Gasteiger partial charge in [-0.2, -0.15) is 0 Å². The molecule has 142 valence electrons. The third kappa shape index (κ3) is 3.87. The van der Waals surface area contributed by atoms with Crippen LogP contribution in [0.15, 0.2) is 73.1 Å². The minimum Gasteiger partial charge on any atom is -0.321 e. The van der Waals surface area contributed by atoms with Gasteiger partial charge in [0, 0.05) is 34.5 Å². The van der Waals surface area contributed by atoms with Crippen LogP contribution < -0.4 is 5.32 Å². The zero-order valence-corrected chi connectivity index (χ0v) is 15.5. The van der Waals surface area contributed by atoms with Crippen LogP contribution in [-0.2, 0) is 0 Å². The fraction of sp³-hybridized carbons (Fsp3) is 0.0435. The topological polar surface area (TPSA) is 72.0 Å². The van der Waals surface area contributed by atoms with Crippen molar-refractivity contribution in [3.8, 4) is 11.3 Å². The van der Waals surface area contributed by atoms with E-state index in [1.54, 1.807) is 42.6 Å². The number of rotatable bonds is 4. The highest BCUT2D eigenvalue weighted by Crippen LogP contribution is 2.24. The van der Waals surface area contributed by atoms with Crippen LogP contribution in [0.25, 0.3) is 22.2 Å². The molecule has 6 heteroatoms. The largest absolute Gasteiger partial charge is 0.321 e. The summed E-state index contributed by atoms with van der Waals surface area (Å²) in [4.78, 5) is 32.6. The van der Waals surface area contributed by atoms with Gasteiger partial charge in [0.25, 0.3) is 5.91 Å². The first-order chi connectivity index (χ1) is 14.0. The van der Waals surface area contributed by atoms with Crippen LogP contribution in [0.3, 0.4) is 0 Å². The van der Waals surface area contributed by atoms with E-state index < -0.39 is 11.7 Å². The summed E-state index contributed by atoms with van der Waals surface area (Å²) in [5.74, 6) is -1.10. The number of amides is 1. The predicted molar refractivity (Wildman–Crippen MR) is 109 cm³/mol. The maximum absolute atomic E-state index is 14.2. The van der Waals surface area contributed by atoms with Gasteiger partial charge in [-0.25, -0.2) is 4.39 Å². The SMILES string of the molecule is CC(=O)c1ccc(-c2cc(F)cc(C(=O)Nc3cccc4ncccc34)c2)nc1. The van der Waals surface area contributed by atoms with Crippen LogP contribution in [0.2, 0.25) is 0 Å². The van der Waals surface area contributed by atoms with Crippen LogP contribution in [0.4, 0.5) is 10.1 Å². The highest BCUT2D eigenvalue weighted by atomic mass is 19.1. The summed E-state index contributed by atoms with van der Waals surface area (Å²) < 4.78 is 14.2. The number of nitrogens with one attached hydrogen (secondary N) is 1. The zero-order valence-electron chi connectivity index (χ0n) is 15.5. The molecule has 1 N–H and O–H groups in total. The van der Waals surface area contributed by atoms with Crippen molar-refractivity contribution < 1.29 is 14.0 Å². The molecular formula is C23H16FN3O2. The molecule has 1 amide bonds. The Kier molecular flexibility index (Phi) is 4.83. The molecule has 0 bridgehead atoms. The predicted octanol–water partition coefficient (Wildman–Crippen LogP) is 4.89. The third-order valence-electron chi connectivity index (χ3n) is 4.52. The standard InChI is InChI=1S/C23H16FN3O2/c1-14(28)15-7-8-20(26-13-15)16-10-17(12-18(24)11-16)23(29)27-22-6-2-5-21-19(22)4-3-9-25-21/h2-13H,1H3,(H,27,29). The van der Waals surface area contributed by atoms with Crippen LogP contribution >= 0.6 is 0 Å². The maximum atomic E-state index is 14.2. The number of fused-ring (bicyclic) bond motifs is 1. The summed E-state index contributed by atoms with van der Waals surface area (Å²) in [6, 6.07) is 16.3. The highest BCUT2D eigenvalue weighted by Gasteiger charge is 2.13. The van der Waals surface area contributed by atoms with E-state index in [-0.39, 0.29) is 11.3 Å². The van der Waals surface area contributed by atoms with E-state index in [2.05, 4.69) is 15.3 Å². The molecule has 0 aliphatic carbocycles. The van der Waals surface area contributed by atoms with E-state index in [0.29, 0.717) is 22.5 Å². The first kappa shape index (κ1) is 18.4. The molecule has 0 saturated heterocycles. The lowest BCUT2D eigenvalue weighted by Gasteiger charge is -2.10. The summed E-state index contributed by atoms with van der Waals surface area (Å²) >= 11 is 0. The Balaban J connectivity index is 1.66. The van der Waals surface area contributed by atoms with Crippen molar-refractivity contribution in [3.63, 3.8) is 0 Å². The summed E-state index contributed by atoms with van der Waals surface area (Å²) in [6.45, 7) is 1.45. The first-order valence-electron chi connectivity index (χ1n) is 8.94. The molecule has 0 atom stereocenters. The quantitative estimate of drug-likeness (QED) is 0.508. The van der Waals surface area contributed by atoms with E-state index in [1.807, 2.05) is 12.1 Å². The Morgan fingerprint density at radius 3 is 2.55 bits per heavy atom. The number of carbonyl (C=O) groups excluding carboxylic acids is 2. The summed E-state index contributed by atoms with van der Waals surface area (Å²) in [5.41, 5.74) is 2.89. The molecule has 2 aromatic heterocycles. The van der Waals surface area contributed by atoms with Crippen LogP contribution in [-0.4, -0.2) is 21.7 Å². The number of pyridine rings is 2. The van der Waals surface area contributed by atoms with Crippen LogP contribution in [0, 0.1) is 5.82 Å². The van der Waals surface area contributed by atoms with Crippen LogP contribution in [0.5, 0.6) is 0 Å². The third-order valence-corrected chi connectivity index (χ3v) is 4.52. The molecule has 0 unspecified atom stereocenters. The first-order valence-corrected chi connectivity index (χ1v) is 8.94. The van der Waals surface area contributed by atoms with Crippen molar-refractivity contribution >= 4 is 28.3 Å². The van der Waals surface area contributed by atoms with Crippen molar-refractivity contribution in [1.29, 1.82) is 0 Å². The second kappa shape index (κ2) is 7.59. The smallest absolute Gasteiger partial charge is 0.255 e. The second-order valence-corrected chi connectivity index (χ2v) is 6.55. The minimum absolute atomic E-state index is 0.104. The minimum atomic E-state index is -0.551. The van der Waals surface area contributed by atoms with Gasteiger partial charge in [0.05, 0.1) is 16.9 Å². The van der Waals surface area contributed by atoms with E-state index in [4.69, 9.17) is 0 Å². The molecule has 0 aliphatic heterocycles. The molecule has 2 aromatic carbocycles.